The van der Waals surface area contributed by atoms with Crippen LogP contribution in [0.2, 0.25) is 0 Å². The molecule has 1 aromatic heterocycles. The van der Waals surface area contributed by atoms with Gasteiger partial charge in [0.25, 0.3) is 11.8 Å². The third kappa shape index (κ3) is 4.54. The van der Waals surface area contributed by atoms with Crippen LogP contribution in [0.5, 0.6) is 0 Å². The molecule has 0 bridgehead atoms. The number of ether oxygens (including phenoxy) is 1. The zero-order chi connectivity index (χ0) is 20.3. The summed E-state index contributed by atoms with van der Waals surface area (Å²) in [5.41, 5.74) is 0.980. The van der Waals surface area contributed by atoms with E-state index in [9.17, 15) is 14.4 Å². The average molecular weight is 381 g/mol. The molecule has 1 aliphatic heterocycles. The lowest BCUT2D eigenvalue weighted by atomic mass is 10.1. The first-order valence-electron chi connectivity index (χ1n) is 9.08. The first kappa shape index (κ1) is 19.5. The van der Waals surface area contributed by atoms with E-state index in [4.69, 9.17) is 4.74 Å². The largest absolute Gasteiger partial charge is 0.444 e. The van der Waals surface area contributed by atoms with E-state index in [-0.39, 0.29) is 18.4 Å². The maximum Gasteiger partial charge on any atom is 0.407 e. The van der Waals surface area contributed by atoms with Gasteiger partial charge in [0, 0.05) is 12.4 Å². The Hall–Kier alpha value is -3.22. The zero-order valence-corrected chi connectivity index (χ0v) is 16.1. The number of benzene rings is 1. The molecule has 0 spiro atoms. The summed E-state index contributed by atoms with van der Waals surface area (Å²) in [5, 5.41) is 2.78. The van der Waals surface area contributed by atoms with E-state index in [1.54, 1.807) is 63.5 Å². The number of alkyl carbamates (subject to hydrolysis) is 1. The molecule has 1 atom stereocenters. The molecule has 2 aromatic rings. The minimum atomic E-state index is -0.654. The van der Waals surface area contributed by atoms with Crippen molar-refractivity contribution in [2.45, 2.75) is 38.8 Å². The second kappa shape index (κ2) is 7.80. The summed E-state index contributed by atoms with van der Waals surface area (Å²) in [7, 11) is 0. The van der Waals surface area contributed by atoms with Gasteiger partial charge in [-0.05, 0) is 51.0 Å². The predicted molar refractivity (Wildman–Crippen MR) is 103 cm³/mol. The molecule has 0 unspecified atom stereocenters. The monoisotopic (exact) mass is 381 g/mol. The number of rotatable bonds is 5. The summed E-state index contributed by atoms with van der Waals surface area (Å²) in [6.07, 6.45) is 3.15. The predicted octanol–water partition coefficient (Wildman–Crippen LogP) is 2.81. The number of aromatic nitrogens is 1. The second-order valence-electron chi connectivity index (χ2n) is 7.68. The molecule has 1 aromatic carbocycles. The molecule has 3 rings (SSSR count). The molecular weight excluding hydrogens is 358 g/mol. The number of carbonyl (C=O) groups is 3. The van der Waals surface area contributed by atoms with E-state index in [0.717, 1.165) is 5.56 Å². The van der Waals surface area contributed by atoms with Crippen molar-refractivity contribution in [3.05, 3.63) is 65.5 Å². The lowest BCUT2D eigenvalue weighted by Gasteiger charge is -2.26. The van der Waals surface area contributed by atoms with Crippen LogP contribution in [0.3, 0.4) is 0 Å². The average Bonchev–Trinajstić information content (AvgIpc) is 2.86. The molecule has 7 nitrogen and oxygen atoms in total. The molecule has 0 aliphatic carbocycles. The molecule has 146 valence electrons. The van der Waals surface area contributed by atoms with Gasteiger partial charge in [-0.25, -0.2) is 4.79 Å². The van der Waals surface area contributed by atoms with E-state index in [1.807, 2.05) is 6.07 Å². The fraction of sp³-hybridized carbons (Fsp3) is 0.333. The lowest BCUT2D eigenvalue weighted by molar-refractivity contribution is 0.0468. The number of pyridine rings is 1. The van der Waals surface area contributed by atoms with Crippen molar-refractivity contribution in [1.29, 1.82) is 0 Å². The molecule has 28 heavy (non-hydrogen) atoms. The second-order valence-corrected chi connectivity index (χ2v) is 7.68. The molecule has 2 heterocycles. The first-order valence-corrected chi connectivity index (χ1v) is 9.08. The quantitative estimate of drug-likeness (QED) is 0.805. The Morgan fingerprint density at radius 3 is 2.29 bits per heavy atom. The van der Waals surface area contributed by atoms with Gasteiger partial charge in [-0.2, -0.15) is 0 Å². The zero-order valence-electron chi connectivity index (χ0n) is 16.1. The highest BCUT2D eigenvalue weighted by atomic mass is 16.6. The van der Waals surface area contributed by atoms with Crippen LogP contribution >= 0.6 is 0 Å². The Bertz CT molecular complexity index is 855. The summed E-state index contributed by atoms with van der Waals surface area (Å²) < 4.78 is 5.33. The Morgan fingerprint density at radius 1 is 1.11 bits per heavy atom. The van der Waals surface area contributed by atoms with E-state index >= 15 is 0 Å². The van der Waals surface area contributed by atoms with Gasteiger partial charge in [-0.1, -0.05) is 18.2 Å². The van der Waals surface area contributed by atoms with Crippen LogP contribution in [0.1, 0.15) is 47.1 Å². The highest BCUT2D eigenvalue weighted by Crippen LogP contribution is 2.23. The highest BCUT2D eigenvalue weighted by Gasteiger charge is 2.36. The molecule has 0 fully saturated rings. The van der Waals surface area contributed by atoms with Crippen LogP contribution in [0.4, 0.5) is 4.79 Å². The third-order valence-electron chi connectivity index (χ3n) is 4.21. The van der Waals surface area contributed by atoms with Crippen molar-refractivity contribution in [3.63, 3.8) is 0 Å². The van der Waals surface area contributed by atoms with Crippen molar-refractivity contribution in [1.82, 2.24) is 15.2 Å². The van der Waals surface area contributed by atoms with E-state index < -0.39 is 17.7 Å². The fourth-order valence-electron chi connectivity index (χ4n) is 3.06. The third-order valence-corrected chi connectivity index (χ3v) is 4.21. The number of amides is 3. The highest BCUT2D eigenvalue weighted by molar-refractivity contribution is 6.21. The first-order chi connectivity index (χ1) is 13.2. The summed E-state index contributed by atoms with van der Waals surface area (Å²) in [5.74, 6) is -0.717. The Balaban J connectivity index is 1.78. The Labute approximate surface area is 163 Å². The van der Waals surface area contributed by atoms with E-state index in [2.05, 4.69) is 10.3 Å². The van der Waals surface area contributed by atoms with Crippen LogP contribution in [0.25, 0.3) is 0 Å². The lowest BCUT2D eigenvalue weighted by Crippen LogP contribution is -2.48. The van der Waals surface area contributed by atoms with E-state index in [0.29, 0.717) is 17.5 Å². The number of nitrogens with one attached hydrogen (secondary N) is 1. The van der Waals surface area contributed by atoms with Gasteiger partial charge in [-0.3, -0.25) is 19.5 Å². The Morgan fingerprint density at radius 2 is 1.75 bits per heavy atom. The number of hydrogen-bond donors (Lipinski definition) is 1. The van der Waals surface area contributed by atoms with Crippen molar-refractivity contribution in [3.8, 4) is 0 Å². The molecule has 1 aliphatic rings. The van der Waals surface area contributed by atoms with Gasteiger partial charge < -0.3 is 10.1 Å². The molecule has 7 heteroatoms. The summed E-state index contributed by atoms with van der Waals surface area (Å²) in [6.45, 7) is 5.35. The minimum absolute atomic E-state index is 0.0421. The van der Waals surface area contributed by atoms with Gasteiger partial charge in [0.05, 0.1) is 23.7 Å². The number of imide groups is 1. The minimum Gasteiger partial charge on any atom is -0.444 e. The SMILES string of the molecule is CC(C)(C)OC(=O)N[C@@H](Cc1cccnc1)CN1C(=O)c2ccccc2C1=O. The summed E-state index contributed by atoms with van der Waals surface area (Å²) >= 11 is 0. The number of nitrogens with zero attached hydrogens (tertiary/aromatic N) is 2. The van der Waals surface area contributed by atoms with Gasteiger partial charge in [0.2, 0.25) is 0 Å². The molecule has 0 saturated heterocycles. The van der Waals surface area contributed by atoms with Crippen LogP contribution in [-0.2, 0) is 11.2 Å². The van der Waals surface area contributed by atoms with Gasteiger partial charge in [-0.15, -0.1) is 0 Å². The van der Waals surface area contributed by atoms with Crippen molar-refractivity contribution in [2.75, 3.05) is 6.54 Å². The molecule has 1 N–H and O–H groups in total. The maximum absolute atomic E-state index is 12.7. The molecule has 3 amide bonds. The Kier molecular flexibility index (Phi) is 5.44. The maximum atomic E-state index is 12.7. The standard InChI is InChI=1S/C21H23N3O4/c1-21(2,3)28-20(27)23-15(11-14-7-6-10-22-12-14)13-24-18(25)16-8-4-5-9-17(16)19(24)26/h4-10,12,15H,11,13H2,1-3H3,(H,23,27)/t15-/m0/s1. The smallest absolute Gasteiger partial charge is 0.407 e. The van der Waals surface area contributed by atoms with Crippen LogP contribution < -0.4 is 5.32 Å². The number of hydrogen-bond acceptors (Lipinski definition) is 5. The van der Waals surface area contributed by atoms with Crippen LogP contribution in [-0.4, -0.2) is 46.0 Å². The van der Waals surface area contributed by atoms with Gasteiger partial charge >= 0.3 is 6.09 Å². The van der Waals surface area contributed by atoms with E-state index in [1.165, 1.54) is 4.90 Å². The molecule has 0 radical (unpaired) electrons. The number of fused-ring (bicyclic) bond motifs is 1. The topological polar surface area (TPSA) is 88.6 Å². The fourth-order valence-corrected chi connectivity index (χ4v) is 3.06. The van der Waals surface area contributed by atoms with Crippen LogP contribution in [0, 0.1) is 0 Å². The van der Waals surface area contributed by atoms with Crippen molar-refractivity contribution in [2.24, 2.45) is 0 Å². The van der Waals surface area contributed by atoms with Gasteiger partial charge in [0.15, 0.2) is 0 Å². The van der Waals surface area contributed by atoms with Gasteiger partial charge in [0.1, 0.15) is 5.60 Å². The summed E-state index contributed by atoms with van der Waals surface area (Å²) in [6, 6.07) is 9.86. The van der Waals surface area contributed by atoms with Crippen molar-refractivity contribution < 1.29 is 19.1 Å². The normalized spacial score (nSPS) is 14.6. The van der Waals surface area contributed by atoms with Crippen LogP contribution in [0.15, 0.2) is 48.8 Å². The molecular formula is C21H23N3O4. The van der Waals surface area contributed by atoms with Crippen molar-refractivity contribution >= 4 is 17.9 Å². The molecule has 0 saturated carbocycles. The summed E-state index contributed by atoms with van der Waals surface area (Å²) in [4.78, 5) is 42.8. The number of carbonyl (C=O) groups excluding carboxylic acids is 3.